The Balaban J connectivity index is 1.40. The first kappa shape index (κ1) is 22.7. The molecule has 5 rings (SSSR count). The van der Waals surface area contributed by atoms with Crippen LogP contribution in [0.4, 0.5) is 11.6 Å². The van der Waals surface area contributed by atoms with E-state index in [1.165, 1.54) is 11.9 Å². The zero-order chi connectivity index (χ0) is 24.4. The molecule has 0 bridgehead atoms. The van der Waals surface area contributed by atoms with Gasteiger partial charge in [0.15, 0.2) is 0 Å². The Morgan fingerprint density at radius 3 is 2.60 bits per heavy atom. The van der Waals surface area contributed by atoms with Crippen LogP contribution in [0.3, 0.4) is 0 Å². The number of carbonyl (C=O) groups excluding carboxylic acids is 1. The number of aromatic nitrogens is 3. The van der Waals surface area contributed by atoms with Crippen LogP contribution in [0, 0.1) is 6.92 Å². The summed E-state index contributed by atoms with van der Waals surface area (Å²) in [7, 11) is 0. The zero-order valence-corrected chi connectivity index (χ0v) is 20.1. The van der Waals surface area contributed by atoms with Gasteiger partial charge in [0, 0.05) is 16.4 Å². The third kappa shape index (κ3) is 4.90. The van der Waals surface area contributed by atoms with Crippen LogP contribution >= 0.6 is 11.6 Å². The van der Waals surface area contributed by atoms with Gasteiger partial charge in [-0.15, -0.1) is 0 Å². The van der Waals surface area contributed by atoms with E-state index in [1.54, 1.807) is 28.9 Å². The number of nitrogens with one attached hydrogen (secondary N) is 2. The SMILES string of the molecule is CC1=C(C(=O)Nc2ccc(Cl)cc2)C(c2ccc(OCc3cccc(C)c3)cc2)n2ncnc2N1. The van der Waals surface area contributed by atoms with Crippen LogP contribution in [0.1, 0.15) is 29.7 Å². The molecule has 0 spiro atoms. The van der Waals surface area contributed by atoms with Gasteiger partial charge in [0.25, 0.3) is 5.91 Å². The minimum absolute atomic E-state index is 0.233. The van der Waals surface area contributed by atoms with Gasteiger partial charge in [0.1, 0.15) is 24.7 Å². The molecule has 4 aromatic rings. The molecule has 1 unspecified atom stereocenters. The van der Waals surface area contributed by atoms with Crippen LogP contribution in [-0.2, 0) is 11.4 Å². The summed E-state index contributed by atoms with van der Waals surface area (Å²) in [4.78, 5) is 17.7. The number of nitrogens with zero attached hydrogens (tertiary/aromatic N) is 3. The van der Waals surface area contributed by atoms with Gasteiger partial charge in [-0.3, -0.25) is 4.79 Å². The number of ether oxygens (including phenoxy) is 1. The molecule has 0 saturated heterocycles. The van der Waals surface area contributed by atoms with E-state index in [4.69, 9.17) is 16.3 Å². The normalized spacial score (nSPS) is 14.8. The molecule has 3 aromatic carbocycles. The Morgan fingerprint density at radius 2 is 1.86 bits per heavy atom. The predicted molar refractivity (Wildman–Crippen MR) is 137 cm³/mol. The van der Waals surface area contributed by atoms with Crippen molar-refractivity contribution in [2.45, 2.75) is 26.5 Å². The Morgan fingerprint density at radius 1 is 1.09 bits per heavy atom. The van der Waals surface area contributed by atoms with Crippen LogP contribution < -0.4 is 15.4 Å². The number of aryl methyl sites for hydroxylation is 1. The van der Waals surface area contributed by atoms with Gasteiger partial charge in [-0.25, -0.2) is 4.68 Å². The summed E-state index contributed by atoms with van der Waals surface area (Å²) < 4.78 is 7.69. The molecule has 7 nitrogen and oxygen atoms in total. The van der Waals surface area contributed by atoms with E-state index in [2.05, 4.69) is 39.8 Å². The van der Waals surface area contributed by atoms with Gasteiger partial charge < -0.3 is 15.4 Å². The van der Waals surface area contributed by atoms with Gasteiger partial charge in [-0.05, 0) is 61.4 Å². The number of hydrogen-bond acceptors (Lipinski definition) is 5. The van der Waals surface area contributed by atoms with Crippen molar-refractivity contribution < 1.29 is 9.53 Å². The predicted octanol–water partition coefficient (Wildman–Crippen LogP) is 5.75. The van der Waals surface area contributed by atoms with Crippen molar-refractivity contribution >= 4 is 29.1 Å². The van der Waals surface area contributed by atoms with E-state index < -0.39 is 6.04 Å². The molecular weight excluding hydrogens is 462 g/mol. The van der Waals surface area contributed by atoms with Crippen LogP contribution in [0.25, 0.3) is 0 Å². The summed E-state index contributed by atoms with van der Waals surface area (Å²) >= 11 is 5.98. The first-order valence-electron chi connectivity index (χ1n) is 11.2. The molecule has 35 heavy (non-hydrogen) atoms. The fourth-order valence-corrected chi connectivity index (χ4v) is 4.27. The Hall–Kier alpha value is -4.10. The average Bonchev–Trinajstić information content (AvgIpc) is 3.32. The van der Waals surface area contributed by atoms with Crippen molar-refractivity contribution in [2.24, 2.45) is 0 Å². The molecule has 1 aliphatic heterocycles. The maximum Gasteiger partial charge on any atom is 0.255 e. The van der Waals surface area contributed by atoms with E-state index >= 15 is 0 Å². The zero-order valence-electron chi connectivity index (χ0n) is 19.3. The molecule has 0 fully saturated rings. The smallest absolute Gasteiger partial charge is 0.255 e. The molecule has 8 heteroatoms. The van der Waals surface area contributed by atoms with Crippen LogP contribution in [0.15, 0.2) is 90.4 Å². The Kier molecular flexibility index (Phi) is 6.25. The van der Waals surface area contributed by atoms with Crippen LogP contribution in [-0.4, -0.2) is 20.7 Å². The van der Waals surface area contributed by atoms with Crippen molar-refractivity contribution in [3.63, 3.8) is 0 Å². The van der Waals surface area contributed by atoms with Crippen LogP contribution in [0.5, 0.6) is 5.75 Å². The lowest BCUT2D eigenvalue weighted by Gasteiger charge is -2.28. The fraction of sp³-hybridized carbons (Fsp3) is 0.148. The van der Waals surface area contributed by atoms with E-state index in [-0.39, 0.29) is 5.91 Å². The number of allylic oxidation sites excluding steroid dienone is 1. The second-order valence-electron chi connectivity index (χ2n) is 8.40. The van der Waals surface area contributed by atoms with Crippen molar-refractivity contribution in [2.75, 3.05) is 10.6 Å². The maximum atomic E-state index is 13.4. The average molecular weight is 486 g/mol. The lowest BCUT2D eigenvalue weighted by atomic mass is 9.95. The number of carbonyl (C=O) groups is 1. The third-order valence-electron chi connectivity index (χ3n) is 5.82. The molecule has 1 aliphatic rings. The summed E-state index contributed by atoms with van der Waals surface area (Å²) in [6.45, 7) is 4.41. The van der Waals surface area contributed by atoms with Crippen LogP contribution in [0.2, 0.25) is 5.02 Å². The molecule has 1 atom stereocenters. The molecule has 0 aliphatic carbocycles. The summed E-state index contributed by atoms with van der Waals surface area (Å²) in [6, 6.07) is 22.5. The van der Waals surface area contributed by atoms with Crippen molar-refractivity contribution in [3.8, 4) is 5.75 Å². The number of amides is 1. The number of hydrogen-bond donors (Lipinski definition) is 2. The minimum atomic E-state index is -0.452. The summed E-state index contributed by atoms with van der Waals surface area (Å²) in [5.74, 6) is 1.09. The summed E-state index contributed by atoms with van der Waals surface area (Å²) in [5.41, 5.74) is 5.11. The molecule has 176 valence electrons. The highest BCUT2D eigenvalue weighted by atomic mass is 35.5. The maximum absolute atomic E-state index is 13.4. The monoisotopic (exact) mass is 485 g/mol. The van der Waals surface area contributed by atoms with E-state index in [0.717, 1.165) is 16.9 Å². The topological polar surface area (TPSA) is 81.1 Å². The van der Waals surface area contributed by atoms with Gasteiger partial charge in [0.2, 0.25) is 5.95 Å². The quantitative estimate of drug-likeness (QED) is 0.363. The minimum Gasteiger partial charge on any atom is -0.489 e. The first-order valence-corrected chi connectivity index (χ1v) is 11.6. The van der Waals surface area contributed by atoms with Crippen molar-refractivity contribution in [1.82, 2.24) is 14.8 Å². The highest BCUT2D eigenvalue weighted by Gasteiger charge is 2.33. The third-order valence-corrected chi connectivity index (χ3v) is 6.08. The van der Waals surface area contributed by atoms with E-state index in [0.29, 0.717) is 34.5 Å². The van der Waals surface area contributed by atoms with Gasteiger partial charge in [-0.2, -0.15) is 10.1 Å². The second kappa shape index (κ2) is 9.64. The number of rotatable bonds is 6. The highest BCUT2D eigenvalue weighted by Crippen LogP contribution is 2.36. The molecule has 1 amide bonds. The van der Waals surface area contributed by atoms with Gasteiger partial charge in [0.05, 0.1) is 5.57 Å². The number of anilines is 2. The lowest BCUT2D eigenvalue weighted by Crippen LogP contribution is -2.31. The van der Waals surface area contributed by atoms with Gasteiger partial charge >= 0.3 is 0 Å². The highest BCUT2D eigenvalue weighted by molar-refractivity contribution is 6.30. The molecule has 2 heterocycles. The molecule has 2 N–H and O–H groups in total. The number of benzene rings is 3. The van der Waals surface area contributed by atoms with Crippen molar-refractivity contribution in [3.05, 3.63) is 112 Å². The van der Waals surface area contributed by atoms with Gasteiger partial charge in [-0.1, -0.05) is 53.6 Å². The lowest BCUT2D eigenvalue weighted by molar-refractivity contribution is -0.113. The number of fused-ring (bicyclic) bond motifs is 1. The fourth-order valence-electron chi connectivity index (χ4n) is 4.14. The largest absolute Gasteiger partial charge is 0.489 e. The second-order valence-corrected chi connectivity index (χ2v) is 8.84. The molecular formula is C27H24ClN5O2. The Labute approximate surface area is 208 Å². The number of halogens is 1. The first-order chi connectivity index (χ1) is 17.0. The molecule has 0 radical (unpaired) electrons. The summed E-state index contributed by atoms with van der Waals surface area (Å²) in [5, 5.41) is 11.1. The van der Waals surface area contributed by atoms with Crippen molar-refractivity contribution in [1.29, 1.82) is 0 Å². The standard InChI is InChI=1S/C27H24ClN5O2/c1-17-4-3-5-19(14-17)15-35-23-12-6-20(7-13-23)25-24(18(2)31-27-29-16-30-33(25)27)26(34)32-22-10-8-21(28)9-11-22/h3-14,16,25H,15H2,1-2H3,(H,32,34)(H,29,30,31). The van der Waals surface area contributed by atoms with E-state index in [9.17, 15) is 4.79 Å². The van der Waals surface area contributed by atoms with E-state index in [1.807, 2.05) is 43.3 Å². The molecule has 0 saturated carbocycles. The molecule has 1 aromatic heterocycles. The summed E-state index contributed by atoms with van der Waals surface area (Å²) in [6.07, 6.45) is 1.47. The Bertz CT molecular complexity index is 1390.